The number of hydrogen-bond donors (Lipinski definition) is 4. The van der Waals surface area contributed by atoms with Crippen molar-refractivity contribution in [3.8, 4) is 0 Å². The predicted octanol–water partition coefficient (Wildman–Crippen LogP) is -0.735. The minimum atomic E-state index is -1.23. The predicted molar refractivity (Wildman–Crippen MR) is 98.4 cm³/mol. The van der Waals surface area contributed by atoms with Crippen LogP contribution in [0.2, 0.25) is 0 Å². The van der Waals surface area contributed by atoms with Gasteiger partial charge in [-0.15, -0.1) is 0 Å². The minimum Gasteiger partial charge on any atom is -0.394 e. The van der Waals surface area contributed by atoms with Crippen molar-refractivity contribution in [2.75, 3.05) is 31.3 Å². The highest BCUT2D eigenvalue weighted by molar-refractivity contribution is 7.99. The van der Waals surface area contributed by atoms with Crippen LogP contribution in [0.3, 0.4) is 0 Å². The molecule has 2 aliphatic rings. The van der Waals surface area contributed by atoms with Crippen LogP contribution in [0, 0.1) is 0 Å². The molecule has 0 radical (unpaired) electrons. The van der Waals surface area contributed by atoms with E-state index < -0.39 is 31.1 Å². The first kappa shape index (κ1) is 19.8. The highest BCUT2D eigenvalue weighted by Gasteiger charge is 2.44. The van der Waals surface area contributed by atoms with Gasteiger partial charge < -0.3 is 35.3 Å². The third kappa shape index (κ3) is 3.81. The molecule has 0 unspecified atom stereocenters. The Bertz CT molecular complexity index is 816. The van der Waals surface area contributed by atoms with E-state index in [1.54, 1.807) is 0 Å². The molecule has 4 rings (SSSR count). The van der Waals surface area contributed by atoms with E-state index in [2.05, 4.69) is 15.0 Å². The number of anilines is 1. The van der Waals surface area contributed by atoms with E-state index >= 15 is 0 Å². The number of nitrogen functional groups attached to an aromatic ring is 1. The number of nitrogens with zero attached hydrogens (tertiary/aromatic N) is 4. The summed E-state index contributed by atoms with van der Waals surface area (Å²) in [6, 6.07) is 0. The fourth-order valence-corrected chi connectivity index (χ4v) is 4.03. The van der Waals surface area contributed by atoms with Crippen molar-refractivity contribution >= 4 is 28.7 Å². The molecule has 4 atom stereocenters. The summed E-state index contributed by atoms with van der Waals surface area (Å²) in [7, 11) is 0. The van der Waals surface area contributed by atoms with Crippen LogP contribution in [0.4, 0.5) is 5.82 Å². The smallest absolute Gasteiger partial charge is 0.191 e. The van der Waals surface area contributed by atoms with Crippen LogP contribution in [-0.2, 0) is 14.2 Å². The third-order valence-corrected chi connectivity index (χ3v) is 5.58. The zero-order chi connectivity index (χ0) is 19.7. The number of aromatic nitrogens is 4. The molecule has 154 valence electrons. The Balaban J connectivity index is 1.51. The van der Waals surface area contributed by atoms with Crippen molar-refractivity contribution in [2.45, 2.75) is 48.8 Å². The van der Waals surface area contributed by atoms with Gasteiger partial charge in [-0.1, -0.05) is 11.8 Å². The summed E-state index contributed by atoms with van der Waals surface area (Å²) in [5, 5.41) is 30.0. The van der Waals surface area contributed by atoms with Gasteiger partial charge in [0.15, 0.2) is 29.1 Å². The lowest BCUT2D eigenvalue weighted by Crippen LogP contribution is -2.33. The SMILES string of the molecule is Nc1nc(SCCC2OCCCO2)nc2c1ncn2[C@@H]1O[C@H](CO)[C@@H](O)[C@H]1O. The van der Waals surface area contributed by atoms with Gasteiger partial charge in [0.05, 0.1) is 26.1 Å². The maximum Gasteiger partial charge on any atom is 0.191 e. The molecule has 2 saturated heterocycles. The number of imidazole rings is 1. The first-order valence-corrected chi connectivity index (χ1v) is 10.1. The van der Waals surface area contributed by atoms with E-state index in [4.69, 9.17) is 19.9 Å². The topological polar surface area (TPSA) is 158 Å². The zero-order valence-electron chi connectivity index (χ0n) is 15.0. The molecule has 4 heterocycles. The molecule has 0 amide bonds. The van der Waals surface area contributed by atoms with Gasteiger partial charge in [0.1, 0.15) is 23.8 Å². The quantitative estimate of drug-likeness (QED) is 0.349. The van der Waals surface area contributed by atoms with Crippen molar-refractivity contribution in [1.82, 2.24) is 19.5 Å². The Hall–Kier alpha value is -1.54. The number of thioether (sulfide) groups is 1. The summed E-state index contributed by atoms with van der Waals surface area (Å²) in [6.45, 7) is 0.994. The highest BCUT2D eigenvalue weighted by Crippen LogP contribution is 2.32. The lowest BCUT2D eigenvalue weighted by molar-refractivity contribution is -0.178. The fraction of sp³-hybridized carbons (Fsp3) is 0.688. The van der Waals surface area contributed by atoms with Crippen molar-refractivity contribution in [3.63, 3.8) is 0 Å². The van der Waals surface area contributed by atoms with Gasteiger partial charge in [0.2, 0.25) is 0 Å². The van der Waals surface area contributed by atoms with Gasteiger partial charge in [-0.2, -0.15) is 0 Å². The number of rotatable bonds is 6. The Kier molecular flexibility index (Phi) is 5.96. The monoisotopic (exact) mass is 413 g/mol. The molecule has 2 fully saturated rings. The summed E-state index contributed by atoms with van der Waals surface area (Å²) in [5.41, 5.74) is 6.78. The number of nitrogens with two attached hydrogens (primary N) is 1. The molecular weight excluding hydrogens is 390 g/mol. The fourth-order valence-electron chi connectivity index (χ4n) is 3.23. The second-order valence-corrected chi connectivity index (χ2v) is 7.67. The van der Waals surface area contributed by atoms with E-state index in [1.807, 2.05) is 0 Å². The summed E-state index contributed by atoms with van der Waals surface area (Å²) in [4.78, 5) is 13.0. The van der Waals surface area contributed by atoms with Gasteiger partial charge >= 0.3 is 0 Å². The molecule has 0 aliphatic carbocycles. The van der Waals surface area contributed by atoms with Crippen LogP contribution < -0.4 is 5.73 Å². The summed E-state index contributed by atoms with van der Waals surface area (Å²) in [6.07, 6.45) is -1.46. The summed E-state index contributed by atoms with van der Waals surface area (Å²) >= 11 is 1.41. The second-order valence-electron chi connectivity index (χ2n) is 6.61. The molecule has 0 saturated carbocycles. The van der Waals surface area contributed by atoms with E-state index in [9.17, 15) is 15.3 Å². The van der Waals surface area contributed by atoms with Crippen LogP contribution in [-0.4, -0.2) is 85.0 Å². The average Bonchev–Trinajstić information content (AvgIpc) is 3.24. The van der Waals surface area contributed by atoms with Gasteiger partial charge in [0, 0.05) is 12.2 Å². The molecule has 2 aromatic rings. The van der Waals surface area contributed by atoms with Gasteiger partial charge in [-0.25, -0.2) is 15.0 Å². The molecule has 28 heavy (non-hydrogen) atoms. The van der Waals surface area contributed by atoms with Gasteiger partial charge in [-0.05, 0) is 6.42 Å². The largest absolute Gasteiger partial charge is 0.394 e. The van der Waals surface area contributed by atoms with Crippen molar-refractivity contribution in [3.05, 3.63) is 6.33 Å². The lowest BCUT2D eigenvalue weighted by Gasteiger charge is -2.22. The van der Waals surface area contributed by atoms with Crippen molar-refractivity contribution < 1.29 is 29.5 Å². The molecule has 0 spiro atoms. The first-order chi connectivity index (χ1) is 13.6. The molecule has 2 aliphatic heterocycles. The van der Waals surface area contributed by atoms with Crippen LogP contribution in [0.1, 0.15) is 19.1 Å². The molecule has 0 bridgehead atoms. The number of hydrogen-bond acceptors (Lipinski definition) is 11. The van der Waals surface area contributed by atoms with Crippen LogP contribution in [0.25, 0.3) is 11.2 Å². The van der Waals surface area contributed by atoms with Crippen LogP contribution in [0.15, 0.2) is 11.5 Å². The Labute approximate surface area is 164 Å². The van der Waals surface area contributed by atoms with Crippen LogP contribution in [0.5, 0.6) is 0 Å². The van der Waals surface area contributed by atoms with E-state index in [0.29, 0.717) is 41.7 Å². The molecule has 0 aromatic carbocycles. The third-order valence-electron chi connectivity index (χ3n) is 4.70. The van der Waals surface area contributed by atoms with E-state index in [1.165, 1.54) is 22.7 Å². The summed E-state index contributed by atoms with van der Waals surface area (Å²) in [5.74, 6) is 0.889. The Morgan fingerprint density at radius 2 is 2.00 bits per heavy atom. The molecule has 11 nitrogen and oxygen atoms in total. The lowest BCUT2D eigenvalue weighted by atomic mass is 10.1. The Morgan fingerprint density at radius 1 is 1.21 bits per heavy atom. The van der Waals surface area contributed by atoms with Gasteiger partial charge in [-0.3, -0.25) is 4.57 Å². The number of fused-ring (bicyclic) bond motifs is 1. The average molecular weight is 413 g/mol. The minimum absolute atomic E-state index is 0.211. The normalized spacial score (nSPS) is 29.0. The highest BCUT2D eigenvalue weighted by atomic mass is 32.2. The second kappa shape index (κ2) is 8.45. The number of ether oxygens (including phenoxy) is 3. The maximum absolute atomic E-state index is 10.3. The molecule has 2 aromatic heterocycles. The first-order valence-electron chi connectivity index (χ1n) is 9.07. The Morgan fingerprint density at radius 3 is 2.71 bits per heavy atom. The number of aliphatic hydroxyl groups is 3. The van der Waals surface area contributed by atoms with E-state index in [-0.39, 0.29) is 12.1 Å². The van der Waals surface area contributed by atoms with Gasteiger partial charge in [0.25, 0.3) is 0 Å². The molecule has 12 heteroatoms. The van der Waals surface area contributed by atoms with Crippen molar-refractivity contribution in [2.24, 2.45) is 0 Å². The standard InChI is InChI=1S/C16H23N5O6S/c17-13-10-14(20-16(19-13)28-5-2-9-25-3-1-4-26-9)21(7-18-10)15-12(24)11(23)8(6-22)27-15/h7-9,11-12,15,22-24H,1-6H2,(H2,17,19,20)/t8-,11-,12-,15-/m1/s1. The van der Waals surface area contributed by atoms with E-state index in [0.717, 1.165) is 6.42 Å². The maximum atomic E-state index is 10.3. The summed E-state index contributed by atoms with van der Waals surface area (Å²) < 4.78 is 18.1. The zero-order valence-corrected chi connectivity index (χ0v) is 15.9. The van der Waals surface area contributed by atoms with Crippen LogP contribution >= 0.6 is 11.8 Å². The molecular formula is C16H23N5O6S. The molecule has 5 N–H and O–H groups in total. The number of aliphatic hydroxyl groups excluding tert-OH is 3. The van der Waals surface area contributed by atoms with Crippen molar-refractivity contribution in [1.29, 1.82) is 0 Å².